The summed E-state index contributed by atoms with van der Waals surface area (Å²) in [6, 6.07) is 13.7. The van der Waals surface area contributed by atoms with Crippen LogP contribution in [0, 0.1) is 0 Å². The minimum absolute atomic E-state index is 0.667. The van der Waals surface area contributed by atoms with Gasteiger partial charge in [0.2, 0.25) is 0 Å². The summed E-state index contributed by atoms with van der Waals surface area (Å²) in [6.07, 6.45) is 1.79. The Morgan fingerprint density at radius 3 is 2.52 bits per heavy atom. The van der Waals surface area contributed by atoms with Crippen LogP contribution in [0.15, 0.2) is 42.5 Å². The van der Waals surface area contributed by atoms with Crippen LogP contribution in [0.5, 0.6) is 11.5 Å². The summed E-state index contributed by atoms with van der Waals surface area (Å²) in [6.45, 7) is 0. The van der Waals surface area contributed by atoms with Gasteiger partial charge in [-0.05, 0) is 48.1 Å². The molecular formula is C18H20O3. The Bertz CT molecular complexity index is 632. The van der Waals surface area contributed by atoms with Gasteiger partial charge in [-0.3, -0.25) is 0 Å². The summed E-state index contributed by atoms with van der Waals surface area (Å²) in [5.41, 5.74) is 2.93. The minimum Gasteiger partial charge on any atom is -0.497 e. The number of methoxy groups -OCH3 is 2. The van der Waals surface area contributed by atoms with Gasteiger partial charge in [0, 0.05) is 5.56 Å². The van der Waals surface area contributed by atoms with E-state index >= 15 is 0 Å². The highest BCUT2D eigenvalue weighted by molar-refractivity contribution is 5.46. The zero-order valence-electron chi connectivity index (χ0n) is 12.4. The molecule has 3 rings (SSSR count). The van der Waals surface area contributed by atoms with Gasteiger partial charge in [0.05, 0.1) is 14.2 Å². The predicted octanol–water partition coefficient (Wildman–Crippen LogP) is 3.66. The monoisotopic (exact) mass is 284 g/mol. The van der Waals surface area contributed by atoms with E-state index in [1.807, 2.05) is 30.3 Å². The van der Waals surface area contributed by atoms with Crippen LogP contribution in [-0.4, -0.2) is 19.3 Å². The smallest absolute Gasteiger partial charge is 0.125 e. The topological polar surface area (TPSA) is 38.7 Å². The highest BCUT2D eigenvalue weighted by atomic mass is 16.5. The molecule has 0 amide bonds. The third-order valence-corrected chi connectivity index (χ3v) is 4.01. The average Bonchev–Trinajstić information content (AvgIpc) is 3.38. The van der Waals surface area contributed by atoms with Crippen molar-refractivity contribution >= 4 is 0 Å². The van der Waals surface area contributed by atoms with E-state index in [1.165, 1.54) is 18.4 Å². The number of hydrogen-bond acceptors (Lipinski definition) is 3. The number of ether oxygens (including phenoxy) is 2. The summed E-state index contributed by atoms with van der Waals surface area (Å²) < 4.78 is 10.6. The number of benzene rings is 2. The molecule has 3 heteroatoms. The van der Waals surface area contributed by atoms with E-state index in [0.29, 0.717) is 17.4 Å². The van der Waals surface area contributed by atoms with Gasteiger partial charge in [-0.25, -0.2) is 0 Å². The highest BCUT2D eigenvalue weighted by Crippen LogP contribution is 2.41. The van der Waals surface area contributed by atoms with Crippen molar-refractivity contribution in [2.75, 3.05) is 14.2 Å². The van der Waals surface area contributed by atoms with E-state index in [2.05, 4.69) is 12.1 Å². The summed E-state index contributed by atoms with van der Waals surface area (Å²) in [5, 5.41) is 10.7. The average molecular weight is 284 g/mol. The fourth-order valence-electron chi connectivity index (χ4n) is 2.63. The summed E-state index contributed by atoms with van der Waals surface area (Å²) in [5.74, 6) is 2.05. The largest absolute Gasteiger partial charge is 0.497 e. The van der Waals surface area contributed by atoms with E-state index in [1.54, 1.807) is 14.2 Å². The van der Waals surface area contributed by atoms with Gasteiger partial charge < -0.3 is 14.6 Å². The Labute approximate surface area is 125 Å². The molecule has 1 fully saturated rings. The first-order valence-electron chi connectivity index (χ1n) is 7.22. The minimum atomic E-state index is -0.714. The predicted molar refractivity (Wildman–Crippen MR) is 82.0 cm³/mol. The fourth-order valence-corrected chi connectivity index (χ4v) is 2.63. The van der Waals surface area contributed by atoms with E-state index in [0.717, 1.165) is 11.1 Å². The van der Waals surface area contributed by atoms with E-state index in [-0.39, 0.29) is 0 Å². The van der Waals surface area contributed by atoms with Crippen molar-refractivity contribution in [3.8, 4) is 11.5 Å². The molecule has 0 bridgehead atoms. The van der Waals surface area contributed by atoms with Crippen LogP contribution in [0.4, 0.5) is 0 Å². The maximum Gasteiger partial charge on any atom is 0.125 e. The lowest BCUT2D eigenvalue weighted by atomic mass is 9.97. The van der Waals surface area contributed by atoms with Crippen molar-refractivity contribution in [1.82, 2.24) is 0 Å². The molecule has 1 aliphatic rings. The molecule has 0 heterocycles. The van der Waals surface area contributed by atoms with Crippen molar-refractivity contribution in [1.29, 1.82) is 0 Å². The molecule has 2 aromatic carbocycles. The van der Waals surface area contributed by atoms with Crippen molar-refractivity contribution in [2.45, 2.75) is 24.9 Å². The Hall–Kier alpha value is -2.00. The molecule has 2 aromatic rings. The molecule has 0 saturated heterocycles. The molecular weight excluding hydrogens is 264 g/mol. The molecule has 1 N–H and O–H groups in total. The van der Waals surface area contributed by atoms with Gasteiger partial charge in [0.15, 0.2) is 0 Å². The third kappa shape index (κ3) is 2.88. The molecule has 21 heavy (non-hydrogen) atoms. The molecule has 110 valence electrons. The second kappa shape index (κ2) is 5.78. The van der Waals surface area contributed by atoms with E-state index in [4.69, 9.17) is 9.47 Å². The van der Waals surface area contributed by atoms with Crippen molar-refractivity contribution in [3.63, 3.8) is 0 Å². The zero-order valence-corrected chi connectivity index (χ0v) is 12.4. The Morgan fingerprint density at radius 1 is 1.05 bits per heavy atom. The standard InChI is InChI=1S/C18H20O3/c1-20-15-8-9-17(21-2)16(11-15)18(19)14-5-3-4-13(10-14)12-6-7-12/h3-5,8-12,18-19H,6-7H2,1-2H3. The van der Waals surface area contributed by atoms with Gasteiger partial charge in [0.1, 0.15) is 17.6 Å². The first kappa shape index (κ1) is 14.0. The van der Waals surface area contributed by atoms with Crippen LogP contribution >= 0.6 is 0 Å². The lowest BCUT2D eigenvalue weighted by Crippen LogP contribution is -2.03. The van der Waals surface area contributed by atoms with Crippen molar-refractivity contribution in [3.05, 3.63) is 59.2 Å². The molecule has 0 aliphatic heterocycles. The van der Waals surface area contributed by atoms with Crippen molar-refractivity contribution in [2.24, 2.45) is 0 Å². The Morgan fingerprint density at radius 2 is 1.86 bits per heavy atom. The molecule has 0 radical (unpaired) electrons. The quantitative estimate of drug-likeness (QED) is 0.910. The molecule has 1 aliphatic carbocycles. The normalized spacial score (nSPS) is 15.6. The number of rotatable bonds is 5. The summed E-state index contributed by atoms with van der Waals surface area (Å²) in [4.78, 5) is 0. The SMILES string of the molecule is COc1ccc(OC)c(C(O)c2cccc(C3CC3)c2)c1. The van der Waals surface area contributed by atoms with Crippen LogP contribution < -0.4 is 9.47 Å². The van der Waals surface area contributed by atoms with Crippen LogP contribution in [-0.2, 0) is 0 Å². The van der Waals surface area contributed by atoms with Crippen LogP contribution in [0.2, 0.25) is 0 Å². The first-order valence-corrected chi connectivity index (χ1v) is 7.22. The molecule has 1 saturated carbocycles. The van der Waals surface area contributed by atoms with Crippen molar-refractivity contribution < 1.29 is 14.6 Å². The third-order valence-electron chi connectivity index (χ3n) is 4.01. The van der Waals surface area contributed by atoms with E-state index < -0.39 is 6.10 Å². The number of aliphatic hydroxyl groups is 1. The van der Waals surface area contributed by atoms with E-state index in [9.17, 15) is 5.11 Å². The van der Waals surface area contributed by atoms with Gasteiger partial charge in [-0.1, -0.05) is 24.3 Å². The lowest BCUT2D eigenvalue weighted by molar-refractivity contribution is 0.214. The molecule has 3 nitrogen and oxygen atoms in total. The zero-order chi connectivity index (χ0) is 14.8. The molecule has 0 spiro atoms. The van der Waals surface area contributed by atoms with Crippen LogP contribution in [0.3, 0.4) is 0 Å². The van der Waals surface area contributed by atoms with Crippen LogP contribution in [0.25, 0.3) is 0 Å². The molecule has 1 unspecified atom stereocenters. The second-order valence-electron chi connectivity index (χ2n) is 5.45. The van der Waals surface area contributed by atoms with Gasteiger partial charge >= 0.3 is 0 Å². The maximum absolute atomic E-state index is 10.7. The maximum atomic E-state index is 10.7. The summed E-state index contributed by atoms with van der Waals surface area (Å²) in [7, 11) is 3.23. The Balaban J connectivity index is 1.96. The fraction of sp³-hybridized carbons (Fsp3) is 0.333. The Kier molecular flexibility index (Phi) is 3.84. The molecule has 0 aromatic heterocycles. The van der Waals surface area contributed by atoms with Gasteiger partial charge in [0.25, 0.3) is 0 Å². The highest BCUT2D eigenvalue weighted by Gasteiger charge is 2.24. The van der Waals surface area contributed by atoms with Crippen LogP contribution in [0.1, 0.15) is 41.6 Å². The van der Waals surface area contributed by atoms with Gasteiger partial charge in [-0.2, -0.15) is 0 Å². The second-order valence-corrected chi connectivity index (χ2v) is 5.45. The van der Waals surface area contributed by atoms with Gasteiger partial charge in [-0.15, -0.1) is 0 Å². The number of aliphatic hydroxyl groups excluding tert-OH is 1. The number of hydrogen-bond donors (Lipinski definition) is 1. The lowest BCUT2D eigenvalue weighted by Gasteiger charge is -2.17. The summed E-state index contributed by atoms with van der Waals surface area (Å²) >= 11 is 0. The molecule has 1 atom stereocenters. The first-order chi connectivity index (χ1) is 10.2.